The molecule has 2 nitrogen and oxygen atoms in total. The third-order valence-corrected chi connectivity index (χ3v) is 5.34. The van der Waals surface area contributed by atoms with E-state index in [9.17, 15) is 0 Å². The van der Waals surface area contributed by atoms with Crippen molar-refractivity contribution in [2.24, 2.45) is 17.8 Å². The van der Waals surface area contributed by atoms with Crippen molar-refractivity contribution >= 4 is 11.3 Å². The molecular weight excluding hydrogens is 252 g/mol. The highest BCUT2D eigenvalue weighted by Crippen LogP contribution is 2.35. The molecule has 1 aliphatic carbocycles. The SMILES string of the molecule is CCCNC1CCC(C(C)C)CC1Cc1nccs1. The fraction of sp³-hybridized carbons (Fsp3) is 0.812. The third-order valence-electron chi connectivity index (χ3n) is 4.54. The molecule has 0 bridgehead atoms. The lowest BCUT2D eigenvalue weighted by atomic mass is 9.72. The van der Waals surface area contributed by atoms with E-state index >= 15 is 0 Å². The Morgan fingerprint density at radius 2 is 2.26 bits per heavy atom. The van der Waals surface area contributed by atoms with Crippen LogP contribution in [0.1, 0.15) is 51.5 Å². The highest BCUT2D eigenvalue weighted by atomic mass is 32.1. The Morgan fingerprint density at radius 3 is 2.89 bits per heavy atom. The summed E-state index contributed by atoms with van der Waals surface area (Å²) in [5.41, 5.74) is 0. The Kier molecular flexibility index (Phi) is 5.83. The largest absolute Gasteiger partial charge is 0.314 e. The summed E-state index contributed by atoms with van der Waals surface area (Å²) in [4.78, 5) is 4.49. The molecule has 0 aliphatic heterocycles. The number of nitrogens with zero attached hydrogens (tertiary/aromatic N) is 1. The second-order valence-electron chi connectivity index (χ2n) is 6.27. The molecule has 3 unspecified atom stereocenters. The zero-order chi connectivity index (χ0) is 13.7. The van der Waals surface area contributed by atoms with Gasteiger partial charge in [-0.05, 0) is 50.0 Å². The Hall–Kier alpha value is -0.410. The normalized spacial score (nSPS) is 27.9. The maximum absolute atomic E-state index is 4.49. The van der Waals surface area contributed by atoms with E-state index in [1.54, 1.807) is 0 Å². The Morgan fingerprint density at radius 1 is 1.42 bits per heavy atom. The number of aromatic nitrogens is 1. The van der Waals surface area contributed by atoms with Crippen molar-refractivity contribution in [3.8, 4) is 0 Å². The summed E-state index contributed by atoms with van der Waals surface area (Å²) < 4.78 is 0. The molecule has 0 radical (unpaired) electrons. The van der Waals surface area contributed by atoms with Crippen molar-refractivity contribution < 1.29 is 0 Å². The van der Waals surface area contributed by atoms with Gasteiger partial charge in [0.1, 0.15) is 0 Å². The second kappa shape index (κ2) is 7.39. The van der Waals surface area contributed by atoms with Crippen LogP contribution in [0.5, 0.6) is 0 Å². The van der Waals surface area contributed by atoms with Gasteiger partial charge in [-0.1, -0.05) is 20.8 Å². The van der Waals surface area contributed by atoms with Crippen LogP contribution in [0.3, 0.4) is 0 Å². The van der Waals surface area contributed by atoms with Crippen molar-refractivity contribution in [2.45, 2.75) is 58.9 Å². The summed E-state index contributed by atoms with van der Waals surface area (Å²) in [7, 11) is 0. The molecule has 2 rings (SSSR count). The molecule has 1 heterocycles. The lowest BCUT2D eigenvalue weighted by Gasteiger charge is -2.38. The first kappa shape index (κ1) is 15.0. The molecule has 3 heteroatoms. The van der Waals surface area contributed by atoms with Gasteiger partial charge in [-0.3, -0.25) is 0 Å². The Labute approximate surface area is 122 Å². The van der Waals surface area contributed by atoms with Crippen molar-refractivity contribution in [2.75, 3.05) is 6.54 Å². The number of hydrogen-bond acceptors (Lipinski definition) is 3. The molecule has 3 atom stereocenters. The number of thiazole rings is 1. The lowest BCUT2D eigenvalue weighted by molar-refractivity contribution is 0.167. The molecule has 0 aromatic carbocycles. The van der Waals surface area contributed by atoms with Crippen molar-refractivity contribution in [1.82, 2.24) is 10.3 Å². The van der Waals surface area contributed by atoms with Gasteiger partial charge >= 0.3 is 0 Å². The number of rotatable bonds is 6. The quantitative estimate of drug-likeness (QED) is 0.847. The predicted octanol–water partition coefficient (Wildman–Crippen LogP) is 4.13. The van der Waals surface area contributed by atoms with Gasteiger partial charge in [-0.15, -0.1) is 11.3 Å². The first-order chi connectivity index (χ1) is 9.20. The van der Waals surface area contributed by atoms with Gasteiger partial charge in [0.2, 0.25) is 0 Å². The van der Waals surface area contributed by atoms with E-state index < -0.39 is 0 Å². The summed E-state index contributed by atoms with van der Waals surface area (Å²) in [6.07, 6.45) is 8.46. The van der Waals surface area contributed by atoms with Crippen LogP contribution in [-0.2, 0) is 6.42 Å². The summed E-state index contributed by atoms with van der Waals surface area (Å²) in [5, 5.41) is 7.19. The molecule has 1 aromatic heterocycles. The average molecular weight is 280 g/mol. The van der Waals surface area contributed by atoms with Crippen LogP contribution in [0.2, 0.25) is 0 Å². The minimum Gasteiger partial charge on any atom is -0.314 e. The van der Waals surface area contributed by atoms with Crippen molar-refractivity contribution in [1.29, 1.82) is 0 Å². The van der Waals surface area contributed by atoms with Gasteiger partial charge in [-0.25, -0.2) is 4.98 Å². The van der Waals surface area contributed by atoms with Gasteiger partial charge in [0.05, 0.1) is 5.01 Å². The standard InChI is InChI=1S/C16H28N2S/c1-4-7-17-15-6-5-13(12(2)3)10-14(15)11-16-18-8-9-19-16/h8-9,12-15,17H,4-7,10-11H2,1-3H3. The minimum absolute atomic E-state index is 0.707. The average Bonchev–Trinajstić information content (AvgIpc) is 2.90. The zero-order valence-corrected chi connectivity index (χ0v) is 13.4. The van der Waals surface area contributed by atoms with E-state index in [2.05, 4.69) is 36.5 Å². The summed E-state index contributed by atoms with van der Waals surface area (Å²) in [5.74, 6) is 2.51. The van der Waals surface area contributed by atoms with E-state index in [-0.39, 0.29) is 0 Å². The molecule has 1 aromatic rings. The number of hydrogen-bond donors (Lipinski definition) is 1. The van der Waals surface area contributed by atoms with Gasteiger partial charge < -0.3 is 5.32 Å². The van der Waals surface area contributed by atoms with Gasteiger partial charge in [0, 0.05) is 24.0 Å². The second-order valence-corrected chi connectivity index (χ2v) is 7.25. The van der Waals surface area contributed by atoms with Crippen LogP contribution in [0.15, 0.2) is 11.6 Å². The minimum atomic E-state index is 0.707. The third kappa shape index (κ3) is 4.28. The van der Waals surface area contributed by atoms with Crippen LogP contribution >= 0.6 is 11.3 Å². The summed E-state index contributed by atoms with van der Waals surface area (Å²) >= 11 is 1.81. The first-order valence-electron chi connectivity index (χ1n) is 7.82. The summed E-state index contributed by atoms with van der Waals surface area (Å²) in [6.45, 7) is 8.17. The fourth-order valence-electron chi connectivity index (χ4n) is 3.31. The first-order valence-corrected chi connectivity index (χ1v) is 8.70. The van der Waals surface area contributed by atoms with Gasteiger partial charge in [-0.2, -0.15) is 0 Å². The fourth-order valence-corrected chi connectivity index (χ4v) is 4.02. The van der Waals surface area contributed by atoms with Crippen molar-refractivity contribution in [3.63, 3.8) is 0 Å². The van der Waals surface area contributed by atoms with E-state index in [0.717, 1.165) is 24.3 Å². The molecule has 1 fully saturated rings. The van der Waals surface area contributed by atoms with E-state index in [0.29, 0.717) is 6.04 Å². The Bertz CT molecular complexity index is 348. The van der Waals surface area contributed by atoms with Crippen LogP contribution in [0, 0.1) is 17.8 Å². The molecule has 108 valence electrons. The Balaban J connectivity index is 1.97. The van der Waals surface area contributed by atoms with Gasteiger partial charge in [0.25, 0.3) is 0 Å². The molecule has 1 N–H and O–H groups in total. The monoisotopic (exact) mass is 280 g/mol. The predicted molar refractivity (Wildman–Crippen MR) is 83.6 cm³/mol. The smallest absolute Gasteiger partial charge is 0.0928 e. The molecule has 0 saturated heterocycles. The maximum atomic E-state index is 4.49. The zero-order valence-electron chi connectivity index (χ0n) is 12.6. The lowest BCUT2D eigenvalue weighted by Crippen LogP contribution is -2.42. The molecular formula is C16H28N2S. The van der Waals surface area contributed by atoms with Crippen LogP contribution in [0.25, 0.3) is 0 Å². The van der Waals surface area contributed by atoms with E-state index in [1.165, 1.54) is 37.1 Å². The highest BCUT2D eigenvalue weighted by molar-refractivity contribution is 7.09. The molecule has 19 heavy (non-hydrogen) atoms. The van der Waals surface area contributed by atoms with E-state index in [1.807, 2.05) is 17.5 Å². The molecule has 1 aliphatic rings. The highest BCUT2D eigenvalue weighted by Gasteiger charge is 2.31. The van der Waals surface area contributed by atoms with Gasteiger partial charge in [0.15, 0.2) is 0 Å². The maximum Gasteiger partial charge on any atom is 0.0928 e. The van der Waals surface area contributed by atoms with Crippen molar-refractivity contribution in [3.05, 3.63) is 16.6 Å². The van der Waals surface area contributed by atoms with Crippen LogP contribution in [0.4, 0.5) is 0 Å². The van der Waals surface area contributed by atoms with Crippen LogP contribution < -0.4 is 5.32 Å². The van der Waals surface area contributed by atoms with Crippen LogP contribution in [-0.4, -0.2) is 17.6 Å². The molecule has 0 amide bonds. The summed E-state index contributed by atoms with van der Waals surface area (Å²) in [6, 6.07) is 0.707. The number of nitrogens with one attached hydrogen (secondary N) is 1. The molecule has 1 saturated carbocycles. The topological polar surface area (TPSA) is 24.9 Å². The molecule has 0 spiro atoms. The van der Waals surface area contributed by atoms with E-state index in [4.69, 9.17) is 0 Å².